The Labute approximate surface area is 73.6 Å². The molecule has 0 aliphatic rings. The van der Waals surface area contributed by atoms with Crippen molar-refractivity contribution in [3.8, 4) is 0 Å². The molecule has 0 bridgehead atoms. The molecule has 1 rings (SSSR count). The number of hydrogen-bond donors (Lipinski definition) is 1. The fraction of sp³-hybridized carbons (Fsp3) is 0.667. The van der Waals surface area contributed by atoms with Gasteiger partial charge in [0, 0.05) is 19.2 Å². The van der Waals surface area contributed by atoms with Crippen LogP contribution in [0.25, 0.3) is 0 Å². The molecular formula is C9H17N3. The van der Waals surface area contributed by atoms with E-state index in [1.54, 1.807) is 0 Å². The Morgan fingerprint density at radius 3 is 2.83 bits per heavy atom. The molecule has 0 aliphatic heterocycles. The third kappa shape index (κ3) is 1.85. The molecule has 0 amide bonds. The van der Waals surface area contributed by atoms with E-state index in [1.807, 2.05) is 13.4 Å². The van der Waals surface area contributed by atoms with Gasteiger partial charge in [-0.2, -0.15) is 0 Å². The van der Waals surface area contributed by atoms with E-state index in [1.165, 1.54) is 11.4 Å². The first-order valence-electron chi connectivity index (χ1n) is 4.48. The number of imidazole rings is 1. The summed E-state index contributed by atoms with van der Waals surface area (Å²) in [5.74, 6) is 0. The molecule has 0 atom stereocenters. The maximum absolute atomic E-state index is 5.51. The van der Waals surface area contributed by atoms with E-state index in [0.29, 0.717) is 6.54 Å². The zero-order valence-corrected chi connectivity index (χ0v) is 7.88. The van der Waals surface area contributed by atoms with E-state index in [4.69, 9.17) is 5.73 Å². The molecule has 0 saturated carbocycles. The van der Waals surface area contributed by atoms with Gasteiger partial charge in [0.2, 0.25) is 0 Å². The first kappa shape index (κ1) is 9.26. The van der Waals surface area contributed by atoms with Gasteiger partial charge in [0.1, 0.15) is 0 Å². The molecule has 0 fully saturated rings. The molecule has 3 nitrogen and oxygen atoms in total. The van der Waals surface area contributed by atoms with Crippen LogP contribution < -0.4 is 5.73 Å². The van der Waals surface area contributed by atoms with Crippen LogP contribution in [0.3, 0.4) is 0 Å². The molecule has 2 N–H and O–H groups in total. The van der Waals surface area contributed by atoms with Crippen LogP contribution in [-0.4, -0.2) is 16.1 Å². The Balaban J connectivity index is 2.80. The Morgan fingerprint density at radius 2 is 2.25 bits per heavy atom. The van der Waals surface area contributed by atoms with Gasteiger partial charge in [-0.05, 0) is 13.0 Å². The van der Waals surface area contributed by atoms with Crippen LogP contribution in [0.5, 0.6) is 0 Å². The van der Waals surface area contributed by atoms with Crippen molar-refractivity contribution in [3.05, 3.63) is 17.7 Å². The third-order valence-corrected chi connectivity index (χ3v) is 2.01. The summed E-state index contributed by atoms with van der Waals surface area (Å²) < 4.78 is 2.07. The van der Waals surface area contributed by atoms with Crippen LogP contribution in [0.2, 0.25) is 0 Å². The van der Waals surface area contributed by atoms with Crippen molar-refractivity contribution in [3.63, 3.8) is 0 Å². The zero-order valence-electron chi connectivity index (χ0n) is 7.88. The molecule has 0 radical (unpaired) electrons. The molecule has 12 heavy (non-hydrogen) atoms. The van der Waals surface area contributed by atoms with Crippen molar-refractivity contribution in [1.82, 2.24) is 9.55 Å². The summed E-state index contributed by atoms with van der Waals surface area (Å²) in [4.78, 5) is 4.33. The summed E-state index contributed by atoms with van der Waals surface area (Å²) in [5, 5.41) is 0. The van der Waals surface area contributed by atoms with Crippen molar-refractivity contribution in [2.45, 2.75) is 26.2 Å². The van der Waals surface area contributed by atoms with Crippen molar-refractivity contribution < 1.29 is 0 Å². The number of nitrogens with zero attached hydrogens (tertiary/aromatic N) is 2. The fourth-order valence-corrected chi connectivity index (χ4v) is 1.41. The second-order valence-electron chi connectivity index (χ2n) is 3.04. The number of rotatable bonds is 4. The lowest BCUT2D eigenvalue weighted by molar-refractivity contribution is 0.782. The Morgan fingerprint density at radius 1 is 1.50 bits per heavy atom. The lowest BCUT2D eigenvalue weighted by atomic mass is 10.2. The molecule has 3 heteroatoms. The van der Waals surface area contributed by atoms with Crippen molar-refractivity contribution in [2.75, 3.05) is 6.54 Å². The molecule has 68 valence electrons. The van der Waals surface area contributed by atoms with Gasteiger partial charge < -0.3 is 10.3 Å². The molecule has 1 heterocycles. The summed E-state index contributed by atoms with van der Waals surface area (Å²) >= 11 is 0. The maximum Gasteiger partial charge on any atom is 0.0949 e. The van der Waals surface area contributed by atoms with Crippen LogP contribution in [0.15, 0.2) is 6.33 Å². The van der Waals surface area contributed by atoms with E-state index in [-0.39, 0.29) is 0 Å². The minimum absolute atomic E-state index is 0.705. The second kappa shape index (κ2) is 4.26. The normalized spacial score (nSPS) is 10.6. The van der Waals surface area contributed by atoms with Gasteiger partial charge in [0.25, 0.3) is 0 Å². The minimum Gasteiger partial charge on any atom is -0.337 e. The van der Waals surface area contributed by atoms with Crippen molar-refractivity contribution in [1.29, 1.82) is 0 Å². The standard InChI is InChI=1S/C9H17N3/c1-3-4-8-9(5-6-10)12(2)7-11-8/h7H,3-6,10H2,1-2H3. The molecule has 0 aromatic carbocycles. The SMILES string of the molecule is CCCc1ncn(C)c1CCN. The smallest absolute Gasteiger partial charge is 0.0949 e. The van der Waals surface area contributed by atoms with Crippen molar-refractivity contribution in [2.24, 2.45) is 12.8 Å². The minimum atomic E-state index is 0.705. The van der Waals surface area contributed by atoms with Gasteiger partial charge in [-0.3, -0.25) is 0 Å². The van der Waals surface area contributed by atoms with Crippen LogP contribution in [0, 0.1) is 0 Å². The van der Waals surface area contributed by atoms with Gasteiger partial charge in [0.05, 0.1) is 12.0 Å². The molecule has 1 aromatic rings. The topological polar surface area (TPSA) is 43.8 Å². The first-order chi connectivity index (χ1) is 5.79. The quantitative estimate of drug-likeness (QED) is 0.723. The van der Waals surface area contributed by atoms with E-state index >= 15 is 0 Å². The predicted octanol–water partition coefficient (Wildman–Crippen LogP) is 0.874. The Bertz CT molecular complexity index is 240. The van der Waals surface area contributed by atoms with Gasteiger partial charge >= 0.3 is 0 Å². The predicted molar refractivity (Wildman–Crippen MR) is 50.0 cm³/mol. The lowest BCUT2D eigenvalue weighted by Crippen LogP contribution is -2.08. The summed E-state index contributed by atoms with van der Waals surface area (Å²) in [6.45, 7) is 2.87. The van der Waals surface area contributed by atoms with Gasteiger partial charge in [-0.1, -0.05) is 13.3 Å². The number of aryl methyl sites for hydroxylation is 2. The maximum atomic E-state index is 5.51. The highest BCUT2D eigenvalue weighted by molar-refractivity contribution is 5.13. The highest BCUT2D eigenvalue weighted by Crippen LogP contribution is 2.08. The van der Waals surface area contributed by atoms with Gasteiger partial charge in [0.15, 0.2) is 0 Å². The average molecular weight is 167 g/mol. The Kier molecular flexibility index (Phi) is 3.29. The molecule has 0 saturated heterocycles. The summed E-state index contributed by atoms with van der Waals surface area (Å²) in [7, 11) is 2.02. The Hall–Kier alpha value is -0.830. The van der Waals surface area contributed by atoms with Gasteiger partial charge in [-0.25, -0.2) is 4.98 Å². The highest BCUT2D eigenvalue weighted by Gasteiger charge is 2.05. The van der Waals surface area contributed by atoms with Gasteiger partial charge in [-0.15, -0.1) is 0 Å². The molecule has 0 spiro atoms. The zero-order chi connectivity index (χ0) is 8.97. The van der Waals surface area contributed by atoms with Crippen LogP contribution in [0.1, 0.15) is 24.7 Å². The van der Waals surface area contributed by atoms with E-state index in [2.05, 4.69) is 16.5 Å². The third-order valence-electron chi connectivity index (χ3n) is 2.01. The number of hydrogen-bond acceptors (Lipinski definition) is 2. The van der Waals surface area contributed by atoms with Crippen LogP contribution >= 0.6 is 0 Å². The molecular weight excluding hydrogens is 150 g/mol. The lowest BCUT2D eigenvalue weighted by Gasteiger charge is -2.02. The van der Waals surface area contributed by atoms with Crippen LogP contribution in [-0.2, 0) is 19.9 Å². The second-order valence-corrected chi connectivity index (χ2v) is 3.04. The van der Waals surface area contributed by atoms with Crippen molar-refractivity contribution >= 4 is 0 Å². The number of nitrogens with two attached hydrogens (primary N) is 1. The van der Waals surface area contributed by atoms with E-state index in [9.17, 15) is 0 Å². The largest absolute Gasteiger partial charge is 0.337 e. The number of aromatic nitrogens is 2. The summed E-state index contributed by atoms with van der Waals surface area (Å²) in [6.07, 6.45) is 5.02. The van der Waals surface area contributed by atoms with Crippen LogP contribution in [0.4, 0.5) is 0 Å². The summed E-state index contributed by atoms with van der Waals surface area (Å²) in [5.41, 5.74) is 8.02. The molecule has 0 unspecified atom stereocenters. The average Bonchev–Trinajstić information content (AvgIpc) is 2.37. The highest BCUT2D eigenvalue weighted by atomic mass is 15.0. The first-order valence-corrected chi connectivity index (χ1v) is 4.48. The monoisotopic (exact) mass is 167 g/mol. The molecule has 1 aromatic heterocycles. The fourth-order valence-electron chi connectivity index (χ4n) is 1.41. The summed E-state index contributed by atoms with van der Waals surface area (Å²) in [6, 6.07) is 0. The molecule has 0 aliphatic carbocycles. The van der Waals surface area contributed by atoms with E-state index in [0.717, 1.165) is 19.3 Å². The van der Waals surface area contributed by atoms with E-state index < -0.39 is 0 Å².